The molecule has 154 valence electrons. The molecule has 2 amide bonds. The number of carbonyl (C=O) groups is 1. The van der Waals surface area contributed by atoms with Gasteiger partial charge in [0.25, 0.3) is 0 Å². The van der Waals surface area contributed by atoms with E-state index in [0.717, 1.165) is 55.5 Å². The molecule has 0 aliphatic carbocycles. The minimum Gasteiger partial charge on any atom is -0.354 e. The van der Waals surface area contributed by atoms with E-state index in [-0.39, 0.29) is 6.03 Å². The third-order valence-corrected chi connectivity index (χ3v) is 5.27. The largest absolute Gasteiger partial charge is 0.354 e. The van der Waals surface area contributed by atoms with Gasteiger partial charge in [-0.05, 0) is 48.9 Å². The second-order valence-electron chi connectivity index (χ2n) is 7.59. The first-order chi connectivity index (χ1) is 14.7. The van der Waals surface area contributed by atoms with Crippen LogP contribution in [-0.2, 0) is 6.54 Å². The lowest BCUT2D eigenvalue weighted by Crippen LogP contribution is -2.46. The SMILES string of the molecule is Cc1ccc(NC(=O)Nc2ccc(CN3CCN(c4ccccn4)CC3)cc2)cc1. The predicted molar refractivity (Wildman–Crippen MR) is 122 cm³/mol. The molecule has 6 heteroatoms. The molecule has 1 saturated heterocycles. The maximum atomic E-state index is 12.2. The molecule has 1 aliphatic rings. The molecule has 30 heavy (non-hydrogen) atoms. The third kappa shape index (κ3) is 5.36. The van der Waals surface area contributed by atoms with Gasteiger partial charge >= 0.3 is 6.03 Å². The van der Waals surface area contributed by atoms with Gasteiger partial charge in [-0.3, -0.25) is 4.90 Å². The molecule has 1 aromatic heterocycles. The Labute approximate surface area is 177 Å². The molecule has 1 aliphatic heterocycles. The fraction of sp³-hybridized carbons (Fsp3) is 0.250. The highest BCUT2D eigenvalue weighted by Crippen LogP contribution is 2.16. The molecule has 0 spiro atoms. The van der Waals surface area contributed by atoms with Gasteiger partial charge in [-0.1, -0.05) is 35.9 Å². The van der Waals surface area contributed by atoms with E-state index >= 15 is 0 Å². The summed E-state index contributed by atoms with van der Waals surface area (Å²) in [4.78, 5) is 21.4. The van der Waals surface area contributed by atoms with Gasteiger partial charge in [0, 0.05) is 50.3 Å². The van der Waals surface area contributed by atoms with E-state index in [1.54, 1.807) is 0 Å². The molecule has 2 N–H and O–H groups in total. The first-order valence-corrected chi connectivity index (χ1v) is 10.3. The third-order valence-electron chi connectivity index (χ3n) is 5.27. The van der Waals surface area contributed by atoms with Gasteiger partial charge in [0.15, 0.2) is 0 Å². The summed E-state index contributed by atoms with van der Waals surface area (Å²) in [6.07, 6.45) is 1.85. The molecule has 0 radical (unpaired) electrons. The Morgan fingerprint density at radius 3 is 2.10 bits per heavy atom. The molecule has 0 unspecified atom stereocenters. The number of aromatic nitrogens is 1. The van der Waals surface area contributed by atoms with E-state index in [2.05, 4.69) is 43.6 Å². The topological polar surface area (TPSA) is 60.5 Å². The standard InChI is InChI=1S/C24H27N5O/c1-19-5-9-21(10-6-19)26-24(30)27-22-11-7-20(8-12-22)18-28-14-16-29(17-15-28)23-4-2-3-13-25-23/h2-13H,14-18H2,1H3,(H2,26,27,30). The number of carbonyl (C=O) groups excluding carboxylic acids is 1. The maximum Gasteiger partial charge on any atom is 0.323 e. The van der Waals surface area contributed by atoms with Gasteiger partial charge in [-0.2, -0.15) is 0 Å². The lowest BCUT2D eigenvalue weighted by atomic mass is 10.1. The number of hydrogen-bond acceptors (Lipinski definition) is 4. The van der Waals surface area contributed by atoms with Crippen LogP contribution in [0.1, 0.15) is 11.1 Å². The average Bonchev–Trinajstić information content (AvgIpc) is 2.78. The molecule has 0 atom stereocenters. The van der Waals surface area contributed by atoms with E-state index in [0.29, 0.717) is 0 Å². The summed E-state index contributed by atoms with van der Waals surface area (Å²) in [5.74, 6) is 1.05. The number of hydrogen-bond donors (Lipinski definition) is 2. The first kappa shape index (κ1) is 19.9. The molecule has 3 aromatic rings. The summed E-state index contributed by atoms with van der Waals surface area (Å²) < 4.78 is 0. The Kier molecular flexibility index (Phi) is 6.25. The highest BCUT2D eigenvalue weighted by Gasteiger charge is 2.17. The average molecular weight is 402 g/mol. The van der Waals surface area contributed by atoms with Crippen molar-refractivity contribution in [3.05, 3.63) is 84.1 Å². The van der Waals surface area contributed by atoms with Gasteiger partial charge in [-0.25, -0.2) is 9.78 Å². The summed E-state index contributed by atoms with van der Waals surface area (Å²) in [5, 5.41) is 5.73. The quantitative estimate of drug-likeness (QED) is 0.667. The van der Waals surface area contributed by atoms with E-state index in [9.17, 15) is 4.79 Å². The van der Waals surface area contributed by atoms with Gasteiger partial charge in [0.1, 0.15) is 5.82 Å². The van der Waals surface area contributed by atoms with Crippen molar-refractivity contribution in [2.75, 3.05) is 41.7 Å². The highest BCUT2D eigenvalue weighted by molar-refractivity contribution is 5.99. The zero-order valence-electron chi connectivity index (χ0n) is 17.2. The van der Waals surface area contributed by atoms with Gasteiger partial charge in [0.2, 0.25) is 0 Å². The highest BCUT2D eigenvalue weighted by atomic mass is 16.2. The lowest BCUT2D eigenvalue weighted by Gasteiger charge is -2.35. The van der Waals surface area contributed by atoms with Crippen LogP contribution in [0.2, 0.25) is 0 Å². The van der Waals surface area contributed by atoms with Gasteiger partial charge in [0.05, 0.1) is 0 Å². The van der Waals surface area contributed by atoms with E-state index < -0.39 is 0 Å². The molecule has 2 heterocycles. The van der Waals surface area contributed by atoms with Crippen LogP contribution < -0.4 is 15.5 Å². The molecule has 0 saturated carbocycles. The zero-order chi connectivity index (χ0) is 20.8. The van der Waals surface area contributed by atoms with E-state index in [4.69, 9.17) is 0 Å². The fourth-order valence-electron chi connectivity index (χ4n) is 3.56. The summed E-state index contributed by atoms with van der Waals surface area (Å²) in [6, 6.07) is 21.6. The Balaban J connectivity index is 1.25. The Hall–Kier alpha value is -3.38. The lowest BCUT2D eigenvalue weighted by molar-refractivity contribution is 0.249. The summed E-state index contributed by atoms with van der Waals surface area (Å²) >= 11 is 0. The van der Waals surface area contributed by atoms with Crippen LogP contribution in [0.5, 0.6) is 0 Å². The van der Waals surface area contributed by atoms with Crippen molar-refractivity contribution in [1.29, 1.82) is 0 Å². The maximum absolute atomic E-state index is 12.2. The summed E-state index contributed by atoms with van der Waals surface area (Å²) in [5.41, 5.74) is 3.96. The Morgan fingerprint density at radius 1 is 0.867 bits per heavy atom. The van der Waals surface area contributed by atoms with Crippen molar-refractivity contribution in [3.63, 3.8) is 0 Å². The molecular formula is C24H27N5O. The molecule has 6 nitrogen and oxygen atoms in total. The minimum atomic E-state index is -0.239. The minimum absolute atomic E-state index is 0.239. The number of nitrogens with one attached hydrogen (secondary N) is 2. The number of urea groups is 1. The molecule has 4 rings (SSSR count). The number of aryl methyl sites for hydroxylation is 1. The second-order valence-corrected chi connectivity index (χ2v) is 7.59. The first-order valence-electron chi connectivity index (χ1n) is 10.3. The van der Waals surface area contributed by atoms with Crippen LogP contribution in [-0.4, -0.2) is 42.1 Å². The summed E-state index contributed by atoms with van der Waals surface area (Å²) in [7, 11) is 0. The predicted octanol–water partition coefficient (Wildman–Crippen LogP) is 4.36. The fourth-order valence-corrected chi connectivity index (χ4v) is 3.56. The molecular weight excluding hydrogens is 374 g/mol. The van der Waals surface area contributed by atoms with Crippen molar-refractivity contribution in [2.45, 2.75) is 13.5 Å². The number of piperazine rings is 1. The molecule has 2 aromatic carbocycles. The smallest absolute Gasteiger partial charge is 0.323 e. The second kappa shape index (κ2) is 9.41. The summed E-state index contributed by atoms with van der Waals surface area (Å²) in [6.45, 7) is 6.91. The van der Waals surface area contributed by atoms with Crippen LogP contribution in [0.15, 0.2) is 72.9 Å². The van der Waals surface area contributed by atoms with Crippen molar-refractivity contribution in [3.8, 4) is 0 Å². The Bertz CT molecular complexity index is 949. The number of anilines is 3. The Morgan fingerprint density at radius 2 is 1.50 bits per heavy atom. The van der Waals surface area contributed by atoms with Crippen LogP contribution in [0, 0.1) is 6.92 Å². The normalized spacial score (nSPS) is 14.4. The zero-order valence-corrected chi connectivity index (χ0v) is 17.2. The van der Waals surface area contributed by atoms with Crippen molar-refractivity contribution in [2.24, 2.45) is 0 Å². The number of nitrogens with zero attached hydrogens (tertiary/aromatic N) is 3. The van der Waals surface area contributed by atoms with Crippen LogP contribution in [0.4, 0.5) is 22.0 Å². The van der Waals surface area contributed by atoms with Gasteiger partial charge < -0.3 is 15.5 Å². The van der Waals surface area contributed by atoms with E-state index in [1.807, 2.05) is 61.7 Å². The van der Waals surface area contributed by atoms with Crippen LogP contribution in [0.3, 0.4) is 0 Å². The van der Waals surface area contributed by atoms with Crippen molar-refractivity contribution < 1.29 is 4.79 Å². The molecule has 1 fully saturated rings. The van der Waals surface area contributed by atoms with Crippen LogP contribution in [0.25, 0.3) is 0 Å². The number of pyridine rings is 1. The molecule has 0 bridgehead atoms. The number of benzene rings is 2. The van der Waals surface area contributed by atoms with E-state index in [1.165, 1.54) is 5.56 Å². The number of rotatable bonds is 5. The van der Waals surface area contributed by atoms with Crippen molar-refractivity contribution in [1.82, 2.24) is 9.88 Å². The van der Waals surface area contributed by atoms with Gasteiger partial charge in [-0.15, -0.1) is 0 Å². The number of amides is 2. The monoisotopic (exact) mass is 401 g/mol. The van der Waals surface area contributed by atoms with Crippen LogP contribution >= 0.6 is 0 Å². The van der Waals surface area contributed by atoms with Crippen molar-refractivity contribution >= 4 is 23.2 Å².